The summed E-state index contributed by atoms with van der Waals surface area (Å²) in [6.45, 7) is 12.6. The van der Waals surface area contributed by atoms with E-state index in [1.807, 2.05) is 12.1 Å². The molecule has 0 radical (unpaired) electrons. The maximum absolute atomic E-state index is 6.89. The van der Waals surface area contributed by atoms with Crippen molar-refractivity contribution in [3.05, 3.63) is 70.7 Å². The SMILES string of the molecule is CCN(CC)c1ccc(-c2ccc(Cl)c(-c3ccc(N(CC)CC)cc3)c2Cl)cc1. The molecule has 30 heavy (non-hydrogen) atoms. The van der Waals surface area contributed by atoms with Gasteiger partial charge in [-0.05, 0) is 69.2 Å². The van der Waals surface area contributed by atoms with Crippen molar-refractivity contribution in [3.63, 3.8) is 0 Å². The first-order valence-electron chi connectivity index (χ1n) is 10.7. The first-order valence-corrected chi connectivity index (χ1v) is 11.5. The van der Waals surface area contributed by atoms with Gasteiger partial charge in [-0.25, -0.2) is 0 Å². The van der Waals surface area contributed by atoms with Gasteiger partial charge < -0.3 is 9.80 Å². The van der Waals surface area contributed by atoms with Crippen molar-refractivity contribution in [2.75, 3.05) is 36.0 Å². The normalized spacial score (nSPS) is 10.9. The topological polar surface area (TPSA) is 6.48 Å². The van der Waals surface area contributed by atoms with Crippen molar-refractivity contribution >= 4 is 34.6 Å². The van der Waals surface area contributed by atoms with Crippen LogP contribution in [0.2, 0.25) is 10.0 Å². The Bertz CT molecular complexity index is 958. The molecule has 158 valence electrons. The molecule has 2 nitrogen and oxygen atoms in total. The smallest absolute Gasteiger partial charge is 0.0577 e. The molecule has 3 aromatic carbocycles. The summed E-state index contributed by atoms with van der Waals surface area (Å²) in [6, 6.07) is 21.0. The van der Waals surface area contributed by atoms with Crippen LogP contribution in [-0.4, -0.2) is 26.2 Å². The summed E-state index contributed by atoms with van der Waals surface area (Å²) in [5, 5.41) is 1.35. The zero-order valence-electron chi connectivity index (χ0n) is 18.3. The maximum atomic E-state index is 6.89. The van der Waals surface area contributed by atoms with Gasteiger partial charge in [0.15, 0.2) is 0 Å². The zero-order chi connectivity index (χ0) is 21.7. The Morgan fingerprint density at radius 2 is 1.00 bits per heavy atom. The largest absolute Gasteiger partial charge is 0.372 e. The van der Waals surface area contributed by atoms with Crippen molar-refractivity contribution < 1.29 is 0 Å². The van der Waals surface area contributed by atoms with Gasteiger partial charge in [0.1, 0.15) is 0 Å². The molecule has 0 unspecified atom stereocenters. The third-order valence-electron chi connectivity index (χ3n) is 5.68. The molecule has 0 atom stereocenters. The van der Waals surface area contributed by atoms with Crippen LogP contribution in [0.15, 0.2) is 60.7 Å². The van der Waals surface area contributed by atoms with E-state index in [1.165, 1.54) is 11.4 Å². The summed E-state index contributed by atoms with van der Waals surface area (Å²) in [7, 11) is 0. The van der Waals surface area contributed by atoms with E-state index in [4.69, 9.17) is 23.2 Å². The Morgan fingerprint density at radius 3 is 1.43 bits per heavy atom. The van der Waals surface area contributed by atoms with Crippen LogP contribution >= 0.6 is 23.2 Å². The molecular weight excluding hydrogens is 411 g/mol. The fourth-order valence-electron chi connectivity index (χ4n) is 3.91. The predicted molar refractivity (Wildman–Crippen MR) is 134 cm³/mol. The van der Waals surface area contributed by atoms with Crippen LogP contribution in [0.3, 0.4) is 0 Å². The minimum Gasteiger partial charge on any atom is -0.372 e. The van der Waals surface area contributed by atoms with Crippen LogP contribution in [0.4, 0.5) is 11.4 Å². The molecule has 4 heteroatoms. The minimum atomic E-state index is 0.666. The zero-order valence-corrected chi connectivity index (χ0v) is 19.8. The molecule has 0 saturated heterocycles. The average Bonchev–Trinajstić information content (AvgIpc) is 2.77. The molecule has 0 amide bonds. The molecule has 0 aliphatic rings. The van der Waals surface area contributed by atoms with Crippen LogP contribution in [0, 0.1) is 0 Å². The first-order chi connectivity index (χ1) is 14.5. The molecule has 0 aliphatic carbocycles. The third-order valence-corrected chi connectivity index (χ3v) is 6.39. The predicted octanol–water partition coefficient (Wildman–Crippen LogP) is 8.02. The van der Waals surface area contributed by atoms with Crippen molar-refractivity contribution in [2.24, 2.45) is 0 Å². The van der Waals surface area contributed by atoms with Crippen LogP contribution < -0.4 is 9.80 Å². The molecule has 0 heterocycles. The molecule has 0 N–H and O–H groups in total. The summed E-state index contributed by atoms with van der Waals surface area (Å²) >= 11 is 13.5. The average molecular weight is 441 g/mol. The van der Waals surface area contributed by atoms with Crippen LogP contribution in [0.1, 0.15) is 27.7 Å². The Hall–Kier alpha value is -2.16. The summed E-state index contributed by atoms with van der Waals surface area (Å²) in [5.41, 5.74) is 6.43. The van der Waals surface area contributed by atoms with E-state index in [-0.39, 0.29) is 0 Å². The van der Waals surface area contributed by atoms with E-state index < -0.39 is 0 Å². The lowest BCUT2D eigenvalue weighted by Crippen LogP contribution is -2.21. The van der Waals surface area contributed by atoms with E-state index in [9.17, 15) is 0 Å². The molecule has 0 aromatic heterocycles. The van der Waals surface area contributed by atoms with Gasteiger partial charge in [-0.2, -0.15) is 0 Å². The second kappa shape index (κ2) is 10.2. The number of benzene rings is 3. The van der Waals surface area contributed by atoms with Gasteiger partial charge in [-0.15, -0.1) is 0 Å². The van der Waals surface area contributed by atoms with Crippen LogP contribution in [0.5, 0.6) is 0 Å². The second-order valence-corrected chi connectivity index (χ2v) is 8.01. The van der Waals surface area contributed by atoms with E-state index in [2.05, 4.69) is 86.0 Å². The summed E-state index contributed by atoms with van der Waals surface area (Å²) in [5.74, 6) is 0. The van der Waals surface area contributed by atoms with Crippen LogP contribution in [-0.2, 0) is 0 Å². The fraction of sp³-hybridized carbons (Fsp3) is 0.308. The monoisotopic (exact) mass is 440 g/mol. The summed E-state index contributed by atoms with van der Waals surface area (Å²) < 4.78 is 0. The van der Waals surface area contributed by atoms with Crippen molar-refractivity contribution in [2.45, 2.75) is 27.7 Å². The summed E-state index contributed by atoms with van der Waals surface area (Å²) in [6.07, 6.45) is 0. The molecule has 3 aromatic rings. The number of hydrogen-bond acceptors (Lipinski definition) is 2. The van der Waals surface area contributed by atoms with Gasteiger partial charge >= 0.3 is 0 Å². The lowest BCUT2D eigenvalue weighted by atomic mass is 9.98. The molecule has 0 fully saturated rings. The number of hydrogen-bond donors (Lipinski definition) is 0. The minimum absolute atomic E-state index is 0.666. The van der Waals surface area contributed by atoms with E-state index >= 15 is 0 Å². The van der Waals surface area contributed by atoms with E-state index in [0.29, 0.717) is 10.0 Å². The van der Waals surface area contributed by atoms with Gasteiger partial charge in [0.2, 0.25) is 0 Å². The number of rotatable bonds is 8. The Kier molecular flexibility index (Phi) is 7.69. The van der Waals surface area contributed by atoms with Crippen LogP contribution in [0.25, 0.3) is 22.3 Å². The lowest BCUT2D eigenvalue weighted by molar-refractivity contribution is 0.866. The number of halogens is 2. The van der Waals surface area contributed by atoms with E-state index in [0.717, 1.165) is 48.4 Å². The molecule has 0 aliphatic heterocycles. The highest BCUT2D eigenvalue weighted by molar-refractivity contribution is 6.41. The maximum Gasteiger partial charge on any atom is 0.0577 e. The summed E-state index contributed by atoms with van der Waals surface area (Å²) in [4.78, 5) is 4.65. The first kappa shape index (κ1) is 22.5. The quantitative estimate of drug-likeness (QED) is 0.349. The van der Waals surface area contributed by atoms with Crippen molar-refractivity contribution in [1.82, 2.24) is 0 Å². The van der Waals surface area contributed by atoms with Gasteiger partial charge in [0, 0.05) is 53.7 Å². The highest BCUT2D eigenvalue weighted by atomic mass is 35.5. The van der Waals surface area contributed by atoms with Gasteiger partial charge in [0.05, 0.1) is 5.02 Å². The Balaban J connectivity index is 1.98. The van der Waals surface area contributed by atoms with Crippen molar-refractivity contribution in [3.8, 4) is 22.3 Å². The number of anilines is 2. The Morgan fingerprint density at radius 1 is 0.567 bits per heavy atom. The molecular formula is C26H30Cl2N2. The van der Waals surface area contributed by atoms with Crippen molar-refractivity contribution in [1.29, 1.82) is 0 Å². The highest BCUT2D eigenvalue weighted by Crippen LogP contribution is 2.41. The van der Waals surface area contributed by atoms with E-state index in [1.54, 1.807) is 0 Å². The molecule has 3 rings (SSSR count). The van der Waals surface area contributed by atoms with Gasteiger partial charge in [-0.3, -0.25) is 0 Å². The molecule has 0 spiro atoms. The molecule has 0 bridgehead atoms. The highest BCUT2D eigenvalue weighted by Gasteiger charge is 2.15. The second-order valence-electron chi connectivity index (χ2n) is 7.22. The fourth-order valence-corrected chi connectivity index (χ4v) is 4.61. The van der Waals surface area contributed by atoms with Gasteiger partial charge in [0.25, 0.3) is 0 Å². The Labute approximate surface area is 191 Å². The third kappa shape index (κ3) is 4.61. The number of nitrogens with zero attached hydrogens (tertiary/aromatic N) is 2. The van der Waals surface area contributed by atoms with Gasteiger partial charge in [-0.1, -0.05) is 53.5 Å². The lowest BCUT2D eigenvalue weighted by Gasteiger charge is -2.22. The molecule has 0 saturated carbocycles. The standard InChI is InChI=1S/C26H30Cl2N2/c1-5-29(6-2)21-13-9-19(10-14-21)23-17-18-24(27)25(26(23)28)20-11-15-22(16-12-20)30(7-3)8-4/h9-18H,5-8H2,1-4H3.